The Bertz CT molecular complexity index is 422. The van der Waals surface area contributed by atoms with E-state index in [-0.39, 0.29) is 17.6 Å². The maximum Gasteiger partial charge on any atom is 0.220 e. The number of hydrogen-bond acceptors (Lipinski definition) is 2. The molecule has 1 aliphatic rings. The Labute approximate surface area is 106 Å². The Hall–Kier alpha value is -1.42. The molecule has 0 atom stereocenters. The average Bonchev–Trinajstić information content (AvgIpc) is 2.39. The van der Waals surface area contributed by atoms with Gasteiger partial charge in [-0.1, -0.05) is 12.1 Å². The highest BCUT2D eigenvalue weighted by molar-refractivity contribution is 5.76. The highest BCUT2D eigenvalue weighted by Gasteiger charge is 2.38. The molecule has 2 N–H and O–H groups in total. The molecule has 1 fully saturated rings. The minimum Gasteiger partial charge on any atom is -0.374 e. The van der Waals surface area contributed by atoms with Crippen molar-refractivity contribution >= 4 is 5.91 Å². The maximum absolute atomic E-state index is 12.9. The summed E-state index contributed by atoms with van der Waals surface area (Å²) in [6.07, 6.45) is 2.92. The van der Waals surface area contributed by atoms with Crippen molar-refractivity contribution in [3.8, 4) is 0 Å². The molecule has 4 heteroatoms. The monoisotopic (exact) mass is 251 g/mol. The third-order valence-electron chi connectivity index (χ3n) is 3.96. The molecule has 2 rings (SSSR count). The molecule has 1 aromatic rings. The average molecular weight is 251 g/mol. The standard InChI is InChI=1S/C14H18FNO2/c1-18-14(11-2-4-12(15)5-3-11)8-6-10(7-9-14)13(16)17/h2-5,10H,6-9H2,1H3,(H2,16,17)/t10-,14+. The first-order valence-corrected chi connectivity index (χ1v) is 6.18. The molecule has 0 radical (unpaired) electrons. The summed E-state index contributed by atoms with van der Waals surface area (Å²) in [6.45, 7) is 0. The van der Waals surface area contributed by atoms with E-state index in [1.165, 1.54) is 12.1 Å². The topological polar surface area (TPSA) is 52.3 Å². The molecule has 1 amide bonds. The van der Waals surface area contributed by atoms with Crippen LogP contribution in [0.5, 0.6) is 0 Å². The van der Waals surface area contributed by atoms with Gasteiger partial charge in [-0.2, -0.15) is 0 Å². The number of benzene rings is 1. The number of ether oxygens (including phenoxy) is 1. The molecular formula is C14H18FNO2. The minimum absolute atomic E-state index is 0.0614. The lowest BCUT2D eigenvalue weighted by Crippen LogP contribution is -2.37. The van der Waals surface area contributed by atoms with Crippen LogP contribution in [-0.4, -0.2) is 13.0 Å². The fraction of sp³-hybridized carbons (Fsp3) is 0.500. The largest absolute Gasteiger partial charge is 0.374 e. The Morgan fingerprint density at radius 1 is 1.33 bits per heavy atom. The molecular weight excluding hydrogens is 233 g/mol. The predicted molar refractivity (Wildman–Crippen MR) is 66.2 cm³/mol. The first kappa shape index (κ1) is 13.0. The number of methoxy groups -OCH3 is 1. The fourth-order valence-electron chi connectivity index (χ4n) is 2.73. The third kappa shape index (κ3) is 2.38. The van der Waals surface area contributed by atoms with Gasteiger partial charge in [-0.05, 0) is 43.4 Å². The summed E-state index contributed by atoms with van der Waals surface area (Å²) in [6, 6.07) is 6.39. The Morgan fingerprint density at radius 2 is 1.89 bits per heavy atom. The number of halogens is 1. The van der Waals surface area contributed by atoms with Crippen LogP contribution in [-0.2, 0) is 15.1 Å². The number of primary amides is 1. The van der Waals surface area contributed by atoms with E-state index < -0.39 is 5.60 Å². The molecule has 0 unspecified atom stereocenters. The van der Waals surface area contributed by atoms with Crippen LogP contribution in [0.15, 0.2) is 24.3 Å². The molecule has 98 valence electrons. The summed E-state index contributed by atoms with van der Waals surface area (Å²) in [5.74, 6) is -0.552. The zero-order valence-corrected chi connectivity index (χ0v) is 10.5. The van der Waals surface area contributed by atoms with Crippen molar-refractivity contribution < 1.29 is 13.9 Å². The summed E-state index contributed by atoms with van der Waals surface area (Å²) in [5, 5.41) is 0. The SMILES string of the molecule is CO[C@]1(c2ccc(F)cc2)CC[C@H](C(N)=O)CC1. The van der Waals surface area contributed by atoms with Crippen molar-refractivity contribution in [3.05, 3.63) is 35.6 Å². The quantitative estimate of drug-likeness (QED) is 0.896. The minimum atomic E-state index is -0.403. The van der Waals surface area contributed by atoms with E-state index in [0.29, 0.717) is 0 Å². The van der Waals surface area contributed by atoms with Crippen LogP contribution in [0, 0.1) is 11.7 Å². The molecule has 1 aromatic carbocycles. The maximum atomic E-state index is 12.9. The number of amides is 1. The number of carbonyl (C=O) groups is 1. The lowest BCUT2D eigenvalue weighted by atomic mass is 9.75. The normalized spacial score (nSPS) is 28.0. The van der Waals surface area contributed by atoms with Crippen LogP contribution in [0.25, 0.3) is 0 Å². The highest BCUT2D eigenvalue weighted by Crippen LogP contribution is 2.42. The van der Waals surface area contributed by atoms with Crippen LogP contribution < -0.4 is 5.73 Å². The summed E-state index contributed by atoms with van der Waals surface area (Å²) in [7, 11) is 1.66. The van der Waals surface area contributed by atoms with Crippen molar-refractivity contribution in [2.75, 3.05) is 7.11 Å². The zero-order valence-electron chi connectivity index (χ0n) is 10.5. The second kappa shape index (κ2) is 5.06. The van der Waals surface area contributed by atoms with Gasteiger partial charge in [0, 0.05) is 13.0 Å². The second-order valence-corrected chi connectivity index (χ2v) is 4.88. The molecule has 0 heterocycles. The van der Waals surface area contributed by atoms with E-state index in [1.807, 2.05) is 0 Å². The zero-order chi connectivity index (χ0) is 13.2. The van der Waals surface area contributed by atoms with Gasteiger partial charge < -0.3 is 10.5 Å². The van der Waals surface area contributed by atoms with Crippen LogP contribution >= 0.6 is 0 Å². The van der Waals surface area contributed by atoms with Gasteiger partial charge in [-0.3, -0.25) is 4.79 Å². The molecule has 18 heavy (non-hydrogen) atoms. The molecule has 0 spiro atoms. The Balaban J connectivity index is 2.18. The number of carbonyl (C=O) groups excluding carboxylic acids is 1. The van der Waals surface area contributed by atoms with Crippen molar-refractivity contribution in [2.24, 2.45) is 11.7 Å². The van der Waals surface area contributed by atoms with Crippen molar-refractivity contribution in [1.29, 1.82) is 0 Å². The van der Waals surface area contributed by atoms with Gasteiger partial charge in [0.2, 0.25) is 5.91 Å². The lowest BCUT2D eigenvalue weighted by Gasteiger charge is -2.38. The van der Waals surface area contributed by atoms with E-state index in [2.05, 4.69) is 0 Å². The number of hydrogen-bond donors (Lipinski definition) is 1. The summed E-state index contributed by atoms with van der Waals surface area (Å²) in [4.78, 5) is 11.2. The van der Waals surface area contributed by atoms with Crippen LogP contribution in [0.4, 0.5) is 4.39 Å². The van der Waals surface area contributed by atoms with Crippen molar-refractivity contribution in [1.82, 2.24) is 0 Å². The summed E-state index contributed by atoms with van der Waals surface area (Å²) >= 11 is 0. The van der Waals surface area contributed by atoms with E-state index in [0.717, 1.165) is 31.2 Å². The van der Waals surface area contributed by atoms with Gasteiger partial charge in [-0.25, -0.2) is 4.39 Å². The molecule has 0 bridgehead atoms. The van der Waals surface area contributed by atoms with Gasteiger partial charge in [0.15, 0.2) is 0 Å². The fourth-order valence-corrected chi connectivity index (χ4v) is 2.73. The van der Waals surface area contributed by atoms with Gasteiger partial charge in [0.1, 0.15) is 5.82 Å². The first-order valence-electron chi connectivity index (χ1n) is 6.18. The van der Waals surface area contributed by atoms with E-state index >= 15 is 0 Å². The molecule has 0 aliphatic heterocycles. The van der Waals surface area contributed by atoms with Gasteiger partial charge >= 0.3 is 0 Å². The highest BCUT2D eigenvalue weighted by atomic mass is 19.1. The molecule has 1 saturated carbocycles. The number of nitrogens with two attached hydrogens (primary N) is 1. The summed E-state index contributed by atoms with van der Waals surface area (Å²) in [5.41, 5.74) is 5.89. The van der Waals surface area contributed by atoms with Crippen LogP contribution in [0.3, 0.4) is 0 Å². The van der Waals surface area contributed by atoms with E-state index in [9.17, 15) is 9.18 Å². The van der Waals surface area contributed by atoms with Gasteiger partial charge in [-0.15, -0.1) is 0 Å². The van der Waals surface area contributed by atoms with E-state index in [1.54, 1.807) is 19.2 Å². The van der Waals surface area contributed by atoms with Crippen LogP contribution in [0.1, 0.15) is 31.2 Å². The Morgan fingerprint density at radius 3 is 2.33 bits per heavy atom. The smallest absolute Gasteiger partial charge is 0.220 e. The van der Waals surface area contributed by atoms with Crippen molar-refractivity contribution in [2.45, 2.75) is 31.3 Å². The van der Waals surface area contributed by atoms with E-state index in [4.69, 9.17) is 10.5 Å². The summed E-state index contributed by atoms with van der Waals surface area (Å²) < 4.78 is 18.6. The number of rotatable bonds is 3. The predicted octanol–water partition coefficient (Wildman–Crippen LogP) is 2.34. The molecule has 3 nitrogen and oxygen atoms in total. The van der Waals surface area contributed by atoms with Gasteiger partial charge in [0.25, 0.3) is 0 Å². The molecule has 0 aromatic heterocycles. The van der Waals surface area contributed by atoms with Gasteiger partial charge in [0.05, 0.1) is 5.60 Å². The molecule has 0 saturated heterocycles. The Kier molecular flexibility index (Phi) is 3.66. The second-order valence-electron chi connectivity index (χ2n) is 4.88. The third-order valence-corrected chi connectivity index (χ3v) is 3.96. The van der Waals surface area contributed by atoms with Crippen LogP contribution in [0.2, 0.25) is 0 Å². The van der Waals surface area contributed by atoms with Crippen molar-refractivity contribution in [3.63, 3.8) is 0 Å². The molecule has 1 aliphatic carbocycles. The first-order chi connectivity index (χ1) is 8.57. The lowest BCUT2D eigenvalue weighted by molar-refractivity contribution is -0.126.